The van der Waals surface area contributed by atoms with Crippen LogP contribution in [0.25, 0.3) is 0 Å². The lowest BCUT2D eigenvalue weighted by atomic mass is 10.2. The molecular weight excluding hydrogens is 264 g/mol. The molecule has 1 fully saturated rings. The van der Waals surface area contributed by atoms with Gasteiger partial charge in [0.1, 0.15) is 0 Å². The van der Waals surface area contributed by atoms with Crippen molar-refractivity contribution in [3.05, 3.63) is 34.3 Å². The summed E-state index contributed by atoms with van der Waals surface area (Å²) in [5.41, 5.74) is 1.44. The molecule has 2 rings (SSSR count). The first kappa shape index (κ1) is 9.94. The van der Waals surface area contributed by atoms with Crippen molar-refractivity contribution in [1.29, 1.82) is 0 Å². The molecule has 0 saturated carbocycles. The highest BCUT2D eigenvalue weighted by Crippen LogP contribution is 2.45. The second kappa shape index (κ2) is 4.76. The molecule has 0 N–H and O–H groups in total. The Labute approximate surface area is 96.0 Å². The third-order valence-electron chi connectivity index (χ3n) is 1.99. The molecule has 0 unspecified atom stereocenters. The Morgan fingerprint density at radius 3 is 2.54 bits per heavy atom. The molecule has 1 aliphatic heterocycles. The molecule has 13 heavy (non-hydrogen) atoms. The van der Waals surface area contributed by atoms with E-state index in [1.165, 1.54) is 28.0 Å². The minimum absolute atomic E-state index is 0.643. The molecule has 1 aromatic rings. The minimum Gasteiger partial charge on any atom is -0.143 e. The number of rotatable bonds is 1. The molecule has 1 saturated heterocycles. The summed E-state index contributed by atoms with van der Waals surface area (Å²) in [4.78, 5) is 0. The molecule has 1 heterocycles. The molecule has 0 spiro atoms. The van der Waals surface area contributed by atoms with E-state index in [-0.39, 0.29) is 0 Å². The lowest BCUT2D eigenvalue weighted by Crippen LogP contribution is -2.00. The van der Waals surface area contributed by atoms with Crippen LogP contribution in [-0.2, 0) is 0 Å². The predicted molar refractivity (Wildman–Crippen MR) is 66.4 cm³/mol. The van der Waals surface area contributed by atoms with Crippen molar-refractivity contribution in [2.75, 3.05) is 11.5 Å². The first-order valence-corrected chi connectivity index (χ1v) is 7.24. The van der Waals surface area contributed by atoms with Gasteiger partial charge < -0.3 is 0 Å². The summed E-state index contributed by atoms with van der Waals surface area (Å²) in [6.07, 6.45) is 1.36. The topological polar surface area (TPSA) is 0 Å². The summed E-state index contributed by atoms with van der Waals surface area (Å²) >= 11 is 7.73. The molecule has 0 amide bonds. The summed E-state index contributed by atoms with van der Waals surface area (Å²) in [6, 6.07) is 8.55. The van der Waals surface area contributed by atoms with Crippen LogP contribution in [0, 0.1) is 0 Å². The summed E-state index contributed by atoms with van der Waals surface area (Å²) < 4.78 is 1.89. The zero-order chi connectivity index (χ0) is 9.10. The number of hydrogen-bond donors (Lipinski definition) is 0. The Morgan fingerprint density at radius 1 is 1.15 bits per heavy atom. The van der Waals surface area contributed by atoms with E-state index in [9.17, 15) is 0 Å². The number of benzene rings is 1. The molecule has 70 valence electrons. The van der Waals surface area contributed by atoms with Gasteiger partial charge in [-0.3, -0.25) is 0 Å². The van der Waals surface area contributed by atoms with E-state index in [1.54, 1.807) is 0 Å². The van der Waals surface area contributed by atoms with Gasteiger partial charge in [-0.05, 0) is 29.6 Å². The van der Waals surface area contributed by atoms with Gasteiger partial charge in [0.25, 0.3) is 0 Å². The molecule has 1 aromatic carbocycles. The molecule has 0 bridgehead atoms. The van der Waals surface area contributed by atoms with Crippen molar-refractivity contribution in [3.8, 4) is 0 Å². The summed E-state index contributed by atoms with van der Waals surface area (Å²) in [7, 11) is 0. The van der Waals surface area contributed by atoms with Crippen LogP contribution in [0.2, 0.25) is 0 Å². The molecule has 3 heteroatoms. The normalized spacial score (nSPS) is 18.8. The lowest BCUT2D eigenvalue weighted by Gasteiger charge is -2.21. The first-order valence-electron chi connectivity index (χ1n) is 4.35. The summed E-state index contributed by atoms with van der Waals surface area (Å²) in [5.74, 6) is 2.61. The van der Waals surface area contributed by atoms with Crippen LogP contribution in [-0.4, -0.2) is 11.5 Å². The van der Waals surface area contributed by atoms with Crippen molar-refractivity contribution in [2.45, 2.75) is 11.0 Å². The zero-order valence-corrected chi connectivity index (χ0v) is 10.4. The van der Waals surface area contributed by atoms with E-state index in [2.05, 4.69) is 63.7 Å². The smallest absolute Gasteiger partial charge is 0.0762 e. The molecule has 0 nitrogen and oxygen atoms in total. The van der Waals surface area contributed by atoms with E-state index in [0.29, 0.717) is 4.58 Å². The Bertz CT molecular complexity index is 282. The molecule has 1 aliphatic rings. The molecule has 0 atom stereocenters. The van der Waals surface area contributed by atoms with E-state index in [0.717, 1.165) is 0 Å². The van der Waals surface area contributed by atoms with Gasteiger partial charge in [-0.1, -0.05) is 34.1 Å². The van der Waals surface area contributed by atoms with Crippen LogP contribution in [0.5, 0.6) is 0 Å². The average molecular weight is 275 g/mol. The van der Waals surface area contributed by atoms with Gasteiger partial charge in [0.15, 0.2) is 0 Å². The summed E-state index contributed by atoms with van der Waals surface area (Å²) in [6.45, 7) is 0. The molecule has 0 aliphatic carbocycles. The van der Waals surface area contributed by atoms with Crippen molar-refractivity contribution in [3.63, 3.8) is 0 Å². The van der Waals surface area contributed by atoms with Gasteiger partial charge in [-0.2, -0.15) is 0 Å². The van der Waals surface area contributed by atoms with Gasteiger partial charge in [0.2, 0.25) is 0 Å². The second-order valence-electron chi connectivity index (χ2n) is 2.95. The van der Waals surface area contributed by atoms with Crippen molar-refractivity contribution < 1.29 is 0 Å². The first-order chi connectivity index (χ1) is 6.38. The second-order valence-corrected chi connectivity index (χ2v) is 6.53. The van der Waals surface area contributed by atoms with E-state index >= 15 is 0 Å². The van der Waals surface area contributed by atoms with Crippen molar-refractivity contribution in [2.24, 2.45) is 0 Å². The van der Waals surface area contributed by atoms with Crippen LogP contribution in [0.4, 0.5) is 0 Å². The Morgan fingerprint density at radius 2 is 1.85 bits per heavy atom. The minimum atomic E-state index is 0.643. The molecular formula is C10H11BrS2. The maximum atomic E-state index is 3.61. The van der Waals surface area contributed by atoms with Crippen LogP contribution >= 0.6 is 39.5 Å². The van der Waals surface area contributed by atoms with Gasteiger partial charge in [0.05, 0.1) is 4.58 Å². The summed E-state index contributed by atoms with van der Waals surface area (Å²) in [5, 5.41) is 0. The third-order valence-corrected chi connectivity index (χ3v) is 5.69. The fourth-order valence-corrected chi connectivity index (χ4v) is 5.12. The highest BCUT2D eigenvalue weighted by atomic mass is 79.9. The highest BCUT2D eigenvalue weighted by molar-refractivity contribution is 9.10. The van der Waals surface area contributed by atoms with Crippen LogP contribution < -0.4 is 0 Å². The fraction of sp³-hybridized carbons (Fsp3) is 0.400. The van der Waals surface area contributed by atoms with Crippen molar-refractivity contribution >= 4 is 39.5 Å². The standard InChI is InChI=1S/C10H11BrS2/c11-9-5-2-1-4-8(9)10-12-6-3-7-13-10/h1-2,4-5,10H,3,6-7H2. The van der Waals surface area contributed by atoms with Gasteiger partial charge >= 0.3 is 0 Å². The van der Waals surface area contributed by atoms with E-state index in [4.69, 9.17) is 0 Å². The Kier molecular flexibility index (Phi) is 3.64. The SMILES string of the molecule is Brc1ccccc1C1SCCCS1. The van der Waals surface area contributed by atoms with Gasteiger partial charge in [-0.15, -0.1) is 23.5 Å². The maximum absolute atomic E-state index is 3.61. The largest absolute Gasteiger partial charge is 0.143 e. The Balaban J connectivity index is 2.18. The van der Waals surface area contributed by atoms with Crippen LogP contribution in [0.1, 0.15) is 16.6 Å². The van der Waals surface area contributed by atoms with Crippen LogP contribution in [0.15, 0.2) is 28.7 Å². The van der Waals surface area contributed by atoms with Gasteiger partial charge in [0, 0.05) is 4.47 Å². The Hall–Kier alpha value is 0.400. The van der Waals surface area contributed by atoms with Crippen LogP contribution in [0.3, 0.4) is 0 Å². The quantitative estimate of drug-likeness (QED) is 0.748. The third kappa shape index (κ3) is 2.45. The number of thioether (sulfide) groups is 2. The molecule has 0 radical (unpaired) electrons. The lowest BCUT2D eigenvalue weighted by molar-refractivity contribution is 1.10. The van der Waals surface area contributed by atoms with E-state index in [1.807, 2.05) is 0 Å². The number of hydrogen-bond acceptors (Lipinski definition) is 2. The zero-order valence-electron chi connectivity index (χ0n) is 7.20. The highest BCUT2D eigenvalue weighted by Gasteiger charge is 2.17. The molecule has 0 aromatic heterocycles. The maximum Gasteiger partial charge on any atom is 0.0762 e. The average Bonchev–Trinajstić information content (AvgIpc) is 2.20. The number of halogens is 1. The van der Waals surface area contributed by atoms with E-state index < -0.39 is 0 Å². The monoisotopic (exact) mass is 274 g/mol. The van der Waals surface area contributed by atoms with Crippen molar-refractivity contribution in [1.82, 2.24) is 0 Å². The fourth-order valence-electron chi connectivity index (χ4n) is 1.33. The van der Waals surface area contributed by atoms with Gasteiger partial charge in [-0.25, -0.2) is 0 Å². The predicted octanol–water partition coefficient (Wildman–Crippen LogP) is 4.32.